The van der Waals surface area contributed by atoms with Crippen molar-refractivity contribution in [1.29, 1.82) is 0 Å². The molecule has 9 nitrogen and oxygen atoms in total. The van der Waals surface area contributed by atoms with Crippen molar-refractivity contribution in [2.75, 3.05) is 75.9 Å². The van der Waals surface area contributed by atoms with Crippen LogP contribution in [0.3, 0.4) is 0 Å². The molecule has 2 aromatic rings. The van der Waals surface area contributed by atoms with Gasteiger partial charge in [0.05, 0.1) is 23.8 Å². The molecule has 2 saturated heterocycles. The molecule has 4 heterocycles. The van der Waals surface area contributed by atoms with Gasteiger partial charge in [-0.15, -0.1) is 0 Å². The van der Waals surface area contributed by atoms with E-state index in [1.165, 1.54) is 10.4 Å². The Morgan fingerprint density at radius 1 is 0.970 bits per heavy atom. The second-order valence-electron chi connectivity index (χ2n) is 8.71. The van der Waals surface area contributed by atoms with Crippen molar-refractivity contribution in [3.63, 3.8) is 0 Å². The Bertz CT molecular complexity index is 1120. The van der Waals surface area contributed by atoms with Crippen LogP contribution in [0, 0.1) is 0 Å². The lowest BCUT2D eigenvalue weighted by Crippen LogP contribution is -2.46. The van der Waals surface area contributed by atoms with E-state index in [2.05, 4.69) is 21.7 Å². The lowest BCUT2D eigenvalue weighted by molar-refractivity contribution is 0.122. The lowest BCUT2D eigenvalue weighted by Gasteiger charge is -2.37. The zero-order valence-electron chi connectivity index (χ0n) is 18.8. The molecule has 3 aliphatic rings. The number of morpholine rings is 1. The van der Waals surface area contributed by atoms with Crippen LogP contribution < -0.4 is 9.80 Å². The number of ether oxygens (including phenoxy) is 1. The molecule has 0 bridgehead atoms. The fraction of sp³-hybridized carbons (Fsp3) is 0.545. The number of hydrogen-bond acceptors (Lipinski definition) is 8. The summed E-state index contributed by atoms with van der Waals surface area (Å²) in [6.45, 7) is 7.07. The SMILES string of the molecule is CN1CCN(c2nc(N3CCOCC3)nc3c2CN(S(=O)(=O)c2cccc(Cl)c2)CC3)CC1. The molecular weight excluding hydrogens is 464 g/mol. The number of nitrogens with zero attached hydrogens (tertiary/aromatic N) is 6. The Kier molecular flexibility index (Phi) is 6.45. The van der Waals surface area contributed by atoms with Crippen molar-refractivity contribution in [2.24, 2.45) is 0 Å². The van der Waals surface area contributed by atoms with E-state index in [9.17, 15) is 8.42 Å². The first-order valence-corrected chi connectivity index (χ1v) is 13.2. The topological polar surface area (TPSA) is 82.1 Å². The maximum absolute atomic E-state index is 13.4. The van der Waals surface area contributed by atoms with E-state index < -0.39 is 10.0 Å². The fourth-order valence-electron chi connectivity index (χ4n) is 4.53. The van der Waals surface area contributed by atoms with Gasteiger partial charge in [-0.3, -0.25) is 0 Å². The molecule has 0 radical (unpaired) electrons. The van der Waals surface area contributed by atoms with Crippen molar-refractivity contribution >= 4 is 33.4 Å². The number of halogens is 1. The monoisotopic (exact) mass is 492 g/mol. The summed E-state index contributed by atoms with van der Waals surface area (Å²) < 4.78 is 33.8. The average Bonchev–Trinajstić information content (AvgIpc) is 2.84. The standard InChI is InChI=1S/C22H29ClN6O3S/c1-26-7-9-27(10-8-26)21-19-16-29(33(30,31)18-4-2-3-17(23)15-18)6-5-20(19)24-22(25-21)28-11-13-32-14-12-28/h2-4,15H,5-14,16H2,1H3. The van der Waals surface area contributed by atoms with Gasteiger partial charge in [0.1, 0.15) is 5.82 Å². The van der Waals surface area contributed by atoms with Gasteiger partial charge in [-0.1, -0.05) is 17.7 Å². The van der Waals surface area contributed by atoms with Gasteiger partial charge in [-0.05, 0) is 25.2 Å². The Morgan fingerprint density at radius 2 is 1.73 bits per heavy atom. The van der Waals surface area contributed by atoms with Crippen LogP contribution in [0.4, 0.5) is 11.8 Å². The molecule has 0 amide bonds. The summed E-state index contributed by atoms with van der Waals surface area (Å²) in [4.78, 5) is 16.8. The van der Waals surface area contributed by atoms with Crippen LogP contribution in [-0.2, 0) is 27.7 Å². The molecule has 11 heteroatoms. The van der Waals surface area contributed by atoms with E-state index in [0.717, 1.165) is 62.3 Å². The number of anilines is 2. The van der Waals surface area contributed by atoms with E-state index >= 15 is 0 Å². The largest absolute Gasteiger partial charge is 0.378 e. The number of fused-ring (bicyclic) bond motifs is 1. The predicted octanol–water partition coefficient (Wildman–Crippen LogP) is 1.47. The molecule has 3 aliphatic heterocycles. The van der Waals surface area contributed by atoms with E-state index in [0.29, 0.717) is 31.2 Å². The molecule has 0 unspecified atom stereocenters. The smallest absolute Gasteiger partial charge is 0.243 e. The van der Waals surface area contributed by atoms with Crippen molar-refractivity contribution in [3.8, 4) is 0 Å². The summed E-state index contributed by atoms with van der Waals surface area (Å²) in [5, 5.41) is 0.407. The van der Waals surface area contributed by atoms with Crippen LogP contribution in [0.15, 0.2) is 29.2 Å². The molecule has 178 valence electrons. The normalized spacial score (nSPS) is 20.7. The van der Waals surface area contributed by atoms with Crippen molar-refractivity contribution in [1.82, 2.24) is 19.2 Å². The highest BCUT2D eigenvalue weighted by molar-refractivity contribution is 7.89. The second kappa shape index (κ2) is 9.34. The molecule has 5 rings (SSSR count). The Morgan fingerprint density at radius 3 is 2.45 bits per heavy atom. The van der Waals surface area contributed by atoms with Gasteiger partial charge in [0.25, 0.3) is 0 Å². The highest BCUT2D eigenvalue weighted by atomic mass is 35.5. The molecular formula is C22H29ClN6O3S. The third-order valence-electron chi connectivity index (χ3n) is 6.52. The van der Waals surface area contributed by atoms with Crippen LogP contribution in [0.5, 0.6) is 0 Å². The van der Waals surface area contributed by atoms with Crippen LogP contribution in [0.1, 0.15) is 11.3 Å². The van der Waals surface area contributed by atoms with Crippen LogP contribution in [0.25, 0.3) is 0 Å². The number of piperazine rings is 1. The summed E-state index contributed by atoms with van der Waals surface area (Å²) in [5.74, 6) is 1.58. The fourth-order valence-corrected chi connectivity index (χ4v) is 6.24. The highest BCUT2D eigenvalue weighted by Gasteiger charge is 2.33. The van der Waals surface area contributed by atoms with Crippen LogP contribution >= 0.6 is 11.6 Å². The van der Waals surface area contributed by atoms with Crippen molar-refractivity contribution in [2.45, 2.75) is 17.9 Å². The minimum absolute atomic E-state index is 0.213. The van der Waals surface area contributed by atoms with E-state index in [1.807, 2.05) is 0 Å². The molecule has 0 saturated carbocycles. The first-order valence-electron chi connectivity index (χ1n) is 11.3. The van der Waals surface area contributed by atoms with E-state index in [1.54, 1.807) is 18.2 Å². The van der Waals surface area contributed by atoms with Crippen LogP contribution in [-0.4, -0.2) is 93.7 Å². The molecule has 0 spiro atoms. The first kappa shape index (κ1) is 22.8. The zero-order valence-corrected chi connectivity index (χ0v) is 20.4. The molecule has 1 aromatic heterocycles. The van der Waals surface area contributed by atoms with Gasteiger partial charge < -0.3 is 19.4 Å². The minimum atomic E-state index is -3.67. The lowest BCUT2D eigenvalue weighted by atomic mass is 10.1. The summed E-state index contributed by atoms with van der Waals surface area (Å²) in [6, 6.07) is 6.45. The summed E-state index contributed by atoms with van der Waals surface area (Å²) in [7, 11) is -1.56. The van der Waals surface area contributed by atoms with Gasteiger partial charge >= 0.3 is 0 Å². The predicted molar refractivity (Wildman–Crippen MR) is 128 cm³/mol. The van der Waals surface area contributed by atoms with Crippen molar-refractivity contribution < 1.29 is 13.2 Å². The maximum atomic E-state index is 13.4. The minimum Gasteiger partial charge on any atom is -0.378 e. The van der Waals surface area contributed by atoms with Gasteiger partial charge in [0, 0.05) is 69.4 Å². The molecule has 0 N–H and O–H groups in total. The summed E-state index contributed by atoms with van der Waals surface area (Å²) >= 11 is 6.07. The molecule has 0 atom stereocenters. The van der Waals surface area contributed by atoms with Gasteiger partial charge in [0.15, 0.2) is 0 Å². The Labute approximate surface area is 200 Å². The Hall–Kier alpha value is -1.98. The quantitative estimate of drug-likeness (QED) is 0.634. The number of likely N-dealkylation sites (N-methyl/N-ethyl adjacent to an activating group) is 1. The third kappa shape index (κ3) is 4.67. The van der Waals surface area contributed by atoms with Gasteiger partial charge in [-0.2, -0.15) is 9.29 Å². The highest BCUT2D eigenvalue weighted by Crippen LogP contribution is 2.32. The maximum Gasteiger partial charge on any atom is 0.243 e. The zero-order chi connectivity index (χ0) is 23.0. The summed E-state index contributed by atoms with van der Waals surface area (Å²) in [5.41, 5.74) is 1.85. The number of hydrogen-bond donors (Lipinski definition) is 0. The molecule has 1 aromatic carbocycles. The number of rotatable bonds is 4. The van der Waals surface area contributed by atoms with Gasteiger partial charge in [0.2, 0.25) is 16.0 Å². The first-order chi connectivity index (χ1) is 15.9. The van der Waals surface area contributed by atoms with Crippen LogP contribution in [0.2, 0.25) is 5.02 Å². The number of sulfonamides is 1. The van der Waals surface area contributed by atoms with Crippen molar-refractivity contribution in [3.05, 3.63) is 40.5 Å². The third-order valence-corrected chi connectivity index (χ3v) is 8.60. The number of aromatic nitrogens is 2. The average molecular weight is 493 g/mol. The molecule has 0 aliphatic carbocycles. The Balaban J connectivity index is 1.50. The van der Waals surface area contributed by atoms with E-state index in [4.69, 9.17) is 26.3 Å². The van der Waals surface area contributed by atoms with E-state index in [-0.39, 0.29) is 11.4 Å². The molecule has 2 fully saturated rings. The number of benzene rings is 1. The molecule has 33 heavy (non-hydrogen) atoms. The van der Waals surface area contributed by atoms with Gasteiger partial charge in [-0.25, -0.2) is 13.4 Å². The summed E-state index contributed by atoms with van der Waals surface area (Å²) in [6.07, 6.45) is 0.551. The second-order valence-corrected chi connectivity index (χ2v) is 11.1.